The Morgan fingerprint density at radius 3 is 2.30 bits per heavy atom. The van der Waals surface area contributed by atoms with Crippen LogP contribution in [0.2, 0.25) is 0 Å². The largest absolute Gasteiger partial charge is 0.496 e. The second-order valence-electron chi connectivity index (χ2n) is 9.61. The van der Waals surface area contributed by atoms with Crippen molar-refractivity contribution in [3.63, 3.8) is 0 Å². The Kier molecular flexibility index (Phi) is 7.00. The van der Waals surface area contributed by atoms with E-state index in [1.54, 1.807) is 26.2 Å². The van der Waals surface area contributed by atoms with Gasteiger partial charge in [-0.05, 0) is 47.1 Å². The summed E-state index contributed by atoms with van der Waals surface area (Å²) in [5.41, 5.74) is 3.53. The summed E-state index contributed by atoms with van der Waals surface area (Å²) in [5, 5.41) is 4.04. The van der Waals surface area contributed by atoms with Crippen LogP contribution >= 0.6 is 0 Å². The first-order valence-corrected chi connectivity index (χ1v) is 12.4. The van der Waals surface area contributed by atoms with Gasteiger partial charge in [0.15, 0.2) is 0 Å². The Balaban J connectivity index is 1.84. The third-order valence-electron chi connectivity index (χ3n) is 5.67. The molecule has 3 aromatic rings. The van der Waals surface area contributed by atoms with E-state index in [1.807, 2.05) is 38.1 Å². The lowest BCUT2D eigenvalue weighted by Gasteiger charge is -2.20. The van der Waals surface area contributed by atoms with Gasteiger partial charge < -0.3 is 9.26 Å². The molecule has 0 bridgehead atoms. The molecular formula is C25H33N3O4S. The third kappa shape index (κ3) is 5.28. The lowest BCUT2D eigenvalue weighted by Crippen LogP contribution is -2.27. The van der Waals surface area contributed by atoms with Crippen LogP contribution in [0.5, 0.6) is 5.75 Å². The van der Waals surface area contributed by atoms with E-state index in [0.29, 0.717) is 17.1 Å². The highest BCUT2D eigenvalue weighted by Gasteiger charge is 2.27. The minimum atomic E-state index is -3.78. The lowest BCUT2D eigenvalue weighted by molar-refractivity contribution is 0.336. The average molecular weight is 472 g/mol. The molecule has 1 heterocycles. The zero-order valence-corrected chi connectivity index (χ0v) is 21.4. The molecule has 33 heavy (non-hydrogen) atoms. The number of aromatic nitrogens is 2. The molecule has 0 atom stereocenters. The molecule has 0 radical (unpaired) electrons. The van der Waals surface area contributed by atoms with Crippen LogP contribution in [0, 0.1) is 6.92 Å². The number of nitrogens with zero attached hydrogens (tertiary/aromatic N) is 3. The minimum Gasteiger partial charge on any atom is -0.496 e. The van der Waals surface area contributed by atoms with Gasteiger partial charge in [-0.2, -0.15) is 9.29 Å². The predicted molar refractivity (Wildman–Crippen MR) is 129 cm³/mol. The molecular weight excluding hydrogens is 438 g/mol. The fourth-order valence-electron chi connectivity index (χ4n) is 3.58. The fraction of sp³-hybridized carbons (Fsp3) is 0.440. The summed E-state index contributed by atoms with van der Waals surface area (Å²) in [4.78, 5) is 4.65. The van der Waals surface area contributed by atoms with Crippen LogP contribution in [0.4, 0.5) is 0 Å². The summed E-state index contributed by atoms with van der Waals surface area (Å²) in [7, 11) is -0.678. The second-order valence-corrected chi connectivity index (χ2v) is 11.6. The van der Waals surface area contributed by atoms with Crippen molar-refractivity contribution in [2.75, 3.05) is 14.2 Å². The molecule has 2 aromatic carbocycles. The van der Waals surface area contributed by atoms with Gasteiger partial charge in [0.1, 0.15) is 5.75 Å². The lowest BCUT2D eigenvalue weighted by atomic mass is 9.87. The van der Waals surface area contributed by atoms with Crippen LogP contribution in [-0.4, -0.2) is 37.0 Å². The Morgan fingerprint density at radius 1 is 1.12 bits per heavy atom. The molecule has 0 fully saturated rings. The zero-order valence-electron chi connectivity index (χ0n) is 20.6. The Morgan fingerprint density at radius 2 is 1.76 bits per heavy atom. The monoisotopic (exact) mass is 471 g/mol. The van der Waals surface area contributed by atoms with Crippen molar-refractivity contribution in [2.45, 2.75) is 64.3 Å². The number of hydrogen-bond donors (Lipinski definition) is 0. The SMILES string of the molecule is COc1cc(C)c(S(=O)(=O)N(C)Cc2nc(-c3ccc(C(C)(C)C)cc3)no2)cc1C(C)C. The number of aryl methyl sites for hydroxylation is 1. The molecule has 0 saturated carbocycles. The van der Waals surface area contributed by atoms with Crippen LogP contribution in [0.25, 0.3) is 11.4 Å². The second kappa shape index (κ2) is 9.27. The van der Waals surface area contributed by atoms with Crippen molar-refractivity contribution in [3.8, 4) is 17.1 Å². The van der Waals surface area contributed by atoms with Crippen molar-refractivity contribution in [1.29, 1.82) is 0 Å². The molecule has 0 unspecified atom stereocenters. The smallest absolute Gasteiger partial charge is 0.243 e. The van der Waals surface area contributed by atoms with Crippen LogP contribution in [0.15, 0.2) is 45.8 Å². The molecule has 0 N–H and O–H groups in total. The maximum absolute atomic E-state index is 13.3. The molecule has 0 aliphatic rings. The van der Waals surface area contributed by atoms with Gasteiger partial charge in [-0.15, -0.1) is 0 Å². The molecule has 8 heteroatoms. The minimum absolute atomic E-state index is 0.0299. The Bertz CT molecular complexity index is 1220. The van der Waals surface area contributed by atoms with Crippen LogP contribution in [-0.2, 0) is 22.0 Å². The zero-order chi connectivity index (χ0) is 24.6. The van der Waals surface area contributed by atoms with Gasteiger partial charge in [0.2, 0.25) is 21.7 Å². The summed E-state index contributed by atoms with van der Waals surface area (Å²) in [6, 6.07) is 11.4. The molecule has 0 aliphatic carbocycles. The maximum atomic E-state index is 13.3. The van der Waals surface area contributed by atoms with E-state index in [1.165, 1.54) is 16.9 Å². The molecule has 0 amide bonds. The maximum Gasteiger partial charge on any atom is 0.243 e. The van der Waals surface area contributed by atoms with E-state index in [-0.39, 0.29) is 28.7 Å². The molecule has 0 spiro atoms. The van der Waals surface area contributed by atoms with E-state index in [2.05, 4.69) is 30.9 Å². The first-order valence-electron chi connectivity index (χ1n) is 10.9. The van der Waals surface area contributed by atoms with E-state index >= 15 is 0 Å². The van der Waals surface area contributed by atoms with Gasteiger partial charge in [0.25, 0.3) is 0 Å². The van der Waals surface area contributed by atoms with Crippen molar-refractivity contribution >= 4 is 10.0 Å². The molecule has 0 saturated heterocycles. The number of rotatable bonds is 7. The molecule has 3 rings (SSSR count). The van der Waals surface area contributed by atoms with Crippen molar-refractivity contribution < 1.29 is 17.7 Å². The van der Waals surface area contributed by atoms with Gasteiger partial charge in [-0.1, -0.05) is 64.0 Å². The summed E-state index contributed by atoms with van der Waals surface area (Å²) in [5.74, 6) is 1.45. The molecule has 7 nitrogen and oxygen atoms in total. The number of ether oxygens (including phenoxy) is 1. The number of sulfonamides is 1. The van der Waals surface area contributed by atoms with Gasteiger partial charge >= 0.3 is 0 Å². The summed E-state index contributed by atoms with van der Waals surface area (Å²) < 4.78 is 38.7. The number of hydrogen-bond acceptors (Lipinski definition) is 6. The van der Waals surface area contributed by atoms with Gasteiger partial charge in [0.05, 0.1) is 18.6 Å². The number of benzene rings is 2. The van der Waals surface area contributed by atoms with Crippen molar-refractivity contribution in [1.82, 2.24) is 14.4 Å². The summed E-state index contributed by atoms with van der Waals surface area (Å²) in [6.07, 6.45) is 0. The van der Waals surface area contributed by atoms with Crippen LogP contribution < -0.4 is 4.74 Å². The highest BCUT2D eigenvalue weighted by atomic mass is 32.2. The standard InChI is InChI=1S/C25H33N3O4S/c1-16(2)20-14-22(17(3)13-21(20)31-8)33(29,30)28(7)15-23-26-24(27-32-23)18-9-11-19(12-10-18)25(4,5)6/h9-14,16H,15H2,1-8H3. The highest BCUT2D eigenvalue weighted by Crippen LogP contribution is 2.33. The van der Waals surface area contributed by atoms with Crippen LogP contribution in [0.3, 0.4) is 0 Å². The number of methoxy groups -OCH3 is 1. The van der Waals surface area contributed by atoms with E-state index in [4.69, 9.17) is 9.26 Å². The van der Waals surface area contributed by atoms with Crippen molar-refractivity contribution in [3.05, 3.63) is 59.0 Å². The Labute approximate surface area is 196 Å². The van der Waals surface area contributed by atoms with Gasteiger partial charge in [-0.25, -0.2) is 8.42 Å². The van der Waals surface area contributed by atoms with E-state index < -0.39 is 10.0 Å². The molecule has 0 aliphatic heterocycles. The van der Waals surface area contributed by atoms with Gasteiger partial charge in [-0.3, -0.25) is 0 Å². The van der Waals surface area contributed by atoms with Gasteiger partial charge in [0, 0.05) is 12.6 Å². The molecule has 178 valence electrons. The normalized spacial score (nSPS) is 12.5. The first kappa shape index (κ1) is 24.9. The van der Waals surface area contributed by atoms with Crippen LogP contribution in [0.1, 0.15) is 63.1 Å². The fourth-order valence-corrected chi connectivity index (χ4v) is 4.94. The summed E-state index contributed by atoms with van der Waals surface area (Å²) in [6.45, 7) is 12.2. The Hall–Kier alpha value is -2.71. The average Bonchev–Trinajstić information content (AvgIpc) is 3.21. The third-order valence-corrected chi connectivity index (χ3v) is 7.62. The summed E-state index contributed by atoms with van der Waals surface area (Å²) >= 11 is 0. The molecule has 1 aromatic heterocycles. The topological polar surface area (TPSA) is 85.5 Å². The predicted octanol–water partition coefficient (Wildman–Crippen LogP) is 5.30. The van der Waals surface area contributed by atoms with E-state index in [0.717, 1.165) is 11.1 Å². The first-order chi connectivity index (χ1) is 15.3. The quantitative estimate of drug-likeness (QED) is 0.465. The van der Waals surface area contributed by atoms with E-state index in [9.17, 15) is 8.42 Å². The highest BCUT2D eigenvalue weighted by molar-refractivity contribution is 7.89. The van der Waals surface area contributed by atoms with Crippen molar-refractivity contribution in [2.24, 2.45) is 0 Å².